The van der Waals surface area contributed by atoms with Gasteiger partial charge in [0, 0.05) is 25.0 Å². The maximum atomic E-state index is 12.4. The first kappa shape index (κ1) is 16.7. The summed E-state index contributed by atoms with van der Waals surface area (Å²) in [5, 5.41) is 0. The van der Waals surface area contributed by atoms with E-state index >= 15 is 0 Å². The Morgan fingerprint density at radius 3 is 2.59 bits per heavy atom. The minimum Gasteiger partial charge on any atom is -0.444 e. The minimum atomic E-state index is -3.44. The Bertz CT molecular complexity index is 623. The number of sulfone groups is 1. The van der Waals surface area contributed by atoms with Crippen LogP contribution >= 0.6 is 0 Å². The van der Waals surface area contributed by atoms with Crippen molar-refractivity contribution >= 4 is 15.9 Å². The molecular weight excluding hydrogens is 304 g/mol. The minimum absolute atomic E-state index is 0.0870. The monoisotopic (exact) mass is 326 g/mol. The number of likely N-dealkylation sites (tertiary alicyclic amines) is 1. The average molecular weight is 326 g/mol. The fourth-order valence-electron chi connectivity index (χ4n) is 2.46. The maximum absolute atomic E-state index is 12.4. The van der Waals surface area contributed by atoms with Gasteiger partial charge in [0.25, 0.3) is 0 Å². The molecule has 0 aliphatic carbocycles. The van der Waals surface area contributed by atoms with Gasteiger partial charge in [-0.25, -0.2) is 13.2 Å². The summed E-state index contributed by atoms with van der Waals surface area (Å²) in [7, 11) is -3.44. The number of amides is 1. The number of ether oxygens (including phenoxy) is 1. The number of pyridine rings is 1. The molecule has 2 heterocycles. The largest absolute Gasteiger partial charge is 0.444 e. The van der Waals surface area contributed by atoms with Gasteiger partial charge in [0.05, 0.1) is 10.6 Å². The van der Waals surface area contributed by atoms with E-state index in [0.29, 0.717) is 13.0 Å². The summed E-state index contributed by atoms with van der Waals surface area (Å²) in [6.45, 7) is 5.92. The molecule has 1 aromatic rings. The van der Waals surface area contributed by atoms with Crippen LogP contribution in [0.25, 0.3) is 0 Å². The molecule has 2 rings (SSSR count). The molecule has 1 aliphatic heterocycles. The number of aromatic nitrogens is 1. The summed E-state index contributed by atoms with van der Waals surface area (Å²) in [4.78, 5) is 17.8. The molecule has 0 saturated carbocycles. The van der Waals surface area contributed by atoms with E-state index in [9.17, 15) is 13.2 Å². The summed E-state index contributed by atoms with van der Waals surface area (Å²) in [5.74, 6) is -0.0870. The maximum Gasteiger partial charge on any atom is 0.410 e. The van der Waals surface area contributed by atoms with Gasteiger partial charge in [-0.2, -0.15) is 0 Å². The zero-order chi connectivity index (χ0) is 16.4. The smallest absolute Gasteiger partial charge is 0.410 e. The Hall–Kier alpha value is -1.63. The zero-order valence-corrected chi connectivity index (χ0v) is 14.0. The van der Waals surface area contributed by atoms with Crippen molar-refractivity contribution in [2.45, 2.75) is 50.2 Å². The highest BCUT2D eigenvalue weighted by molar-refractivity contribution is 7.91. The lowest BCUT2D eigenvalue weighted by Crippen LogP contribution is -2.42. The molecule has 0 bridgehead atoms. The third-order valence-corrected chi connectivity index (χ3v) is 5.24. The molecule has 6 nitrogen and oxygen atoms in total. The van der Waals surface area contributed by atoms with Crippen LogP contribution in [0.4, 0.5) is 4.79 Å². The van der Waals surface area contributed by atoms with Gasteiger partial charge < -0.3 is 9.64 Å². The van der Waals surface area contributed by atoms with Gasteiger partial charge in [-0.15, -0.1) is 0 Å². The van der Waals surface area contributed by atoms with Gasteiger partial charge in [-0.1, -0.05) is 0 Å². The van der Waals surface area contributed by atoms with Crippen molar-refractivity contribution in [2.75, 3.05) is 12.3 Å². The SMILES string of the molecule is CC(C)(C)OC(=O)N1CCC[C@H]1CS(=O)(=O)c1ccncc1. The third-order valence-electron chi connectivity index (χ3n) is 3.43. The van der Waals surface area contributed by atoms with E-state index in [-0.39, 0.29) is 16.7 Å². The lowest BCUT2D eigenvalue weighted by atomic mass is 10.2. The Morgan fingerprint density at radius 2 is 2.00 bits per heavy atom. The van der Waals surface area contributed by atoms with E-state index in [2.05, 4.69) is 4.98 Å². The molecule has 1 atom stereocenters. The molecule has 0 unspecified atom stereocenters. The summed E-state index contributed by atoms with van der Waals surface area (Å²) in [5.41, 5.74) is -0.589. The predicted octanol–water partition coefficient (Wildman–Crippen LogP) is 2.25. The molecule has 1 aromatic heterocycles. The van der Waals surface area contributed by atoms with Crippen molar-refractivity contribution in [1.29, 1.82) is 0 Å². The Labute approximate surface area is 131 Å². The number of rotatable bonds is 3. The molecule has 122 valence electrons. The van der Waals surface area contributed by atoms with Crippen molar-refractivity contribution in [3.05, 3.63) is 24.5 Å². The predicted molar refractivity (Wildman–Crippen MR) is 82.3 cm³/mol. The van der Waals surface area contributed by atoms with E-state index in [1.54, 1.807) is 20.8 Å². The van der Waals surface area contributed by atoms with E-state index < -0.39 is 21.5 Å². The molecule has 0 spiro atoms. The first-order valence-corrected chi connectivity index (χ1v) is 8.97. The van der Waals surface area contributed by atoms with Crippen molar-refractivity contribution in [3.63, 3.8) is 0 Å². The quantitative estimate of drug-likeness (QED) is 0.851. The van der Waals surface area contributed by atoms with Crippen LogP contribution < -0.4 is 0 Å². The van der Waals surface area contributed by atoms with Crippen LogP contribution in [0.15, 0.2) is 29.4 Å². The third kappa shape index (κ3) is 4.19. The molecule has 1 fully saturated rings. The summed E-state index contributed by atoms with van der Waals surface area (Å²) >= 11 is 0. The number of carbonyl (C=O) groups excluding carboxylic acids is 1. The van der Waals surface area contributed by atoms with Gasteiger partial charge in [0.15, 0.2) is 9.84 Å². The van der Waals surface area contributed by atoms with Crippen molar-refractivity contribution in [2.24, 2.45) is 0 Å². The Balaban J connectivity index is 2.10. The first-order valence-electron chi connectivity index (χ1n) is 7.31. The summed E-state index contributed by atoms with van der Waals surface area (Å²) in [6, 6.07) is 2.61. The lowest BCUT2D eigenvalue weighted by Gasteiger charge is -2.28. The second-order valence-electron chi connectivity index (χ2n) is 6.43. The Kier molecular flexibility index (Phi) is 4.75. The molecule has 0 aromatic carbocycles. The van der Waals surface area contributed by atoms with E-state index in [4.69, 9.17) is 4.74 Å². The summed E-state index contributed by atoms with van der Waals surface area (Å²) in [6.07, 6.45) is 3.92. The van der Waals surface area contributed by atoms with Crippen LogP contribution in [0.5, 0.6) is 0 Å². The number of hydrogen-bond donors (Lipinski definition) is 0. The number of nitrogens with zero attached hydrogens (tertiary/aromatic N) is 2. The fourth-order valence-corrected chi connectivity index (χ4v) is 4.05. The topological polar surface area (TPSA) is 76.6 Å². The molecule has 1 amide bonds. The van der Waals surface area contributed by atoms with Crippen molar-refractivity contribution < 1.29 is 17.9 Å². The molecule has 0 radical (unpaired) electrons. The van der Waals surface area contributed by atoms with Crippen LogP contribution in [-0.4, -0.2) is 48.3 Å². The zero-order valence-electron chi connectivity index (χ0n) is 13.2. The highest BCUT2D eigenvalue weighted by Crippen LogP contribution is 2.24. The van der Waals surface area contributed by atoms with Gasteiger partial charge in [-0.3, -0.25) is 4.98 Å². The van der Waals surface area contributed by atoms with Crippen molar-refractivity contribution in [1.82, 2.24) is 9.88 Å². The van der Waals surface area contributed by atoms with Crippen LogP contribution in [0.1, 0.15) is 33.6 Å². The molecule has 1 saturated heterocycles. The van der Waals surface area contributed by atoms with Crippen LogP contribution in [0, 0.1) is 0 Å². The van der Waals surface area contributed by atoms with E-state index in [1.807, 2.05) is 0 Å². The molecular formula is C15H22N2O4S. The average Bonchev–Trinajstić information content (AvgIpc) is 2.85. The van der Waals surface area contributed by atoms with Crippen LogP contribution in [-0.2, 0) is 14.6 Å². The van der Waals surface area contributed by atoms with Crippen LogP contribution in [0.3, 0.4) is 0 Å². The molecule has 1 aliphatic rings. The van der Waals surface area contributed by atoms with E-state index in [1.165, 1.54) is 29.4 Å². The molecule has 7 heteroatoms. The van der Waals surface area contributed by atoms with Gasteiger partial charge >= 0.3 is 6.09 Å². The second kappa shape index (κ2) is 6.24. The van der Waals surface area contributed by atoms with Gasteiger partial charge in [0.1, 0.15) is 5.60 Å². The highest BCUT2D eigenvalue weighted by atomic mass is 32.2. The standard InChI is InChI=1S/C15H22N2O4S/c1-15(2,3)21-14(18)17-10-4-5-12(17)11-22(19,20)13-6-8-16-9-7-13/h6-9,12H,4-5,10-11H2,1-3H3/t12-/m0/s1. The highest BCUT2D eigenvalue weighted by Gasteiger charge is 2.35. The lowest BCUT2D eigenvalue weighted by molar-refractivity contribution is 0.0241. The fraction of sp³-hybridized carbons (Fsp3) is 0.600. The molecule has 22 heavy (non-hydrogen) atoms. The first-order chi connectivity index (χ1) is 10.2. The normalized spacial score (nSPS) is 19.2. The summed E-state index contributed by atoms with van der Waals surface area (Å²) < 4.78 is 30.2. The van der Waals surface area contributed by atoms with Gasteiger partial charge in [0.2, 0.25) is 0 Å². The Morgan fingerprint density at radius 1 is 1.36 bits per heavy atom. The molecule has 0 N–H and O–H groups in total. The number of carbonyl (C=O) groups is 1. The van der Waals surface area contributed by atoms with E-state index in [0.717, 1.165) is 6.42 Å². The number of hydrogen-bond acceptors (Lipinski definition) is 5. The van der Waals surface area contributed by atoms with Crippen LogP contribution in [0.2, 0.25) is 0 Å². The second-order valence-corrected chi connectivity index (χ2v) is 8.47. The van der Waals surface area contributed by atoms with Crippen molar-refractivity contribution in [3.8, 4) is 0 Å². The van der Waals surface area contributed by atoms with Gasteiger partial charge in [-0.05, 0) is 45.7 Å².